The van der Waals surface area contributed by atoms with Gasteiger partial charge in [0.2, 0.25) is 0 Å². The number of methoxy groups -OCH3 is 2. The van der Waals surface area contributed by atoms with Gasteiger partial charge in [0.15, 0.2) is 17.3 Å². The Bertz CT molecular complexity index is 1460. The molecule has 0 fully saturated rings. The number of benzene rings is 3. The quantitative estimate of drug-likeness (QED) is 0.336. The molecule has 0 saturated heterocycles. The van der Waals surface area contributed by atoms with Crippen molar-refractivity contribution in [1.29, 1.82) is 0 Å². The lowest BCUT2D eigenvalue weighted by molar-refractivity contribution is 0.0703. The number of anilines is 1. The molecule has 0 bridgehead atoms. The molecular formula is C29H25ClN2O5. The molecule has 0 spiro atoms. The molecule has 8 heteroatoms. The van der Waals surface area contributed by atoms with Crippen molar-refractivity contribution in [1.82, 2.24) is 4.90 Å². The zero-order valence-electron chi connectivity index (χ0n) is 20.4. The summed E-state index contributed by atoms with van der Waals surface area (Å²) in [6, 6.07) is 21.3. The van der Waals surface area contributed by atoms with Crippen LogP contribution in [0.4, 0.5) is 5.69 Å². The minimum absolute atomic E-state index is 0.182. The summed E-state index contributed by atoms with van der Waals surface area (Å²) in [4.78, 5) is 27.6. The number of carbonyl (C=O) groups excluding carboxylic acids is 2. The Kier molecular flexibility index (Phi) is 6.88. The van der Waals surface area contributed by atoms with Crippen molar-refractivity contribution in [3.05, 3.63) is 100 Å². The number of halogens is 1. The Balaban J connectivity index is 1.30. The Morgan fingerprint density at radius 2 is 1.65 bits per heavy atom. The third-order valence-electron chi connectivity index (χ3n) is 6.33. The summed E-state index contributed by atoms with van der Waals surface area (Å²) >= 11 is 5.91. The van der Waals surface area contributed by atoms with Crippen molar-refractivity contribution in [2.75, 3.05) is 26.1 Å². The maximum Gasteiger partial charge on any atom is 0.289 e. The molecule has 188 valence electrons. The number of rotatable bonds is 6. The van der Waals surface area contributed by atoms with Crippen LogP contribution in [0, 0.1) is 0 Å². The molecule has 0 aliphatic carbocycles. The van der Waals surface area contributed by atoms with E-state index in [1.807, 2.05) is 24.3 Å². The number of hydrogen-bond donors (Lipinski definition) is 1. The lowest BCUT2D eigenvalue weighted by atomic mass is 9.98. The first-order valence-electron chi connectivity index (χ1n) is 11.8. The third kappa shape index (κ3) is 5.17. The van der Waals surface area contributed by atoms with Gasteiger partial charge in [-0.1, -0.05) is 23.7 Å². The summed E-state index contributed by atoms with van der Waals surface area (Å²) in [6.45, 7) is 1.03. The van der Waals surface area contributed by atoms with Gasteiger partial charge in [-0.05, 0) is 78.2 Å². The lowest BCUT2D eigenvalue weighted by Gasteiger charge is -2.29. The zero-order valence-corrected chi connectivity index (χ0v) is 21.2. The van der Waals surface area contributed by atoms with Crippen LogP contribution in [0.25, 0.3) is 11.3 Å². The number of hydrogen-bond acceptors (Lipinski definition) is 5. The van der Waals surface area contributed by atoms with E-state index in [0.717, 1.165) is 16.7 Å². The monoisotopic (exact) mass is 516 g/mol. The minimum Gasteiger partial charge on any atom is -0.493 e. The highest BCUT2D eigenvalue weighted by molar-refractivity contribution is 6.30. The number of nitrogens with one attached hydrogen (secondary N) is 1. The first-order chi connectivity index (χ1) is 17.9. The van der Waals surface area contributed by atoms with E-state index in [4.69, 9.17) is 25.5 Å². The molecule has 1 aliphatic rings. The van der Waals surface area contributed by atoms with E-state index in [9.17, 15) is 9.59 Å². The number of nitrogens with zero attached hydrogens (tertiary/aromatic N) is 1. The standard InChI is InChI=1S/C29H25ClN2O5/c1-35-26-15-19-12-13-32(17-21(19)16-27(26)36-2)29(34)25-11-10-24(37-25)20-4-3-5-23(14-20)31-28(33)18-6-8-22(30)9-7-18/h3-11,14-16H,12-13,17H2,1-2H3,(H,31,33). The molecule has 0 saturated carbocycles. The van der Waals surface area contributed by atoms with Crippen LogP contribution in [0.5, 0.6) is 11.5 Å². The predicted octanol–water partition coefficient (Wildman–Crippen LogP) is 6.07. The highest BCUT2D eigenvalue weighted by Crippen LogP contribution is 2.34. The summed E-state index contributed by atoms with van der Waals surface area (Å²) in [5.74, 6) is 1.69. The lowest BCUT2D eigenvalue weighted by Crippen LogP contribution is -2.35. The van der Waals surface area contributed by atoms with Crippen LogP contribution in [0.15, 0.2) is 77.2 Å². The molecule has 1 aliphatic heterocycles. The van der Waals surface area contributed by atoms with Crippen molar-refractivity contribution in [3.8, 4) is 22.8 Å². The van der Waals surface area contributed by atoms with Gasteiger partial charge in [0, 0.05) is 34.9 Å². The molecule has 2 heterocycles. The first-order valence-corrected chi connectivity index (χ1v) is 12.1. The fourth-order valence-electron chi connectivity index (χ4n) is 4.38. The molecule has 0 unspecified atom stereocenters. The fourth-order valence-corrected chi connectivity index (χ4v) is 4.50. The van der Waals surface area contributed by atoms with E-state index in [0.29, 0.717) is 53.0 Å². The maximum absolute atomic E-state index is 13.2. The van der Waals surface area contributed by atoms with Crippen LogP contribution in [-0.2, 0) is 13.0 Å². The second-order valence-electron chi connectivity index (χ2n) is 8.66. The Morgan fingerprint density at radius 3 is 2.38 bits per heavy atom. The Labute approximate surface area is 219 Å². The molecular weight excluding hydrogens is 492 g/mol. The molecule has 0 atom stereocenters. The molecule has 3 aromatic carbocycles. The number of amides is 2. The summed E-state index contributed by atoms with van der Waals surface area (Å²) in [5, 5.41) is 3.44. The number of furan rings is 1. The van der Waals surface area contributed by atoms with Crippen molar-refractivity contribution < 1.29 is 23.5 Å². The van der Waals surface area contributed by atoms with Gasteiger partial charge in [0.1, 0.15) is 5.76 Å². The fraction of sp³-hybridized carbons (Fsp3) is 0.172. The third-order valence-corrected chi connectivity index (χ3v) is 6.59. The van der Waals surface area contributed by atoms with Gasteiger partial charge >= 0.3 is 0 Å². The Morgan fingerprint density at radius 1 is 0.919 bits per heavy atom. The molecule has 2 amide bonds. The van der Waals surface area contributed by atoms with Gasteiger partial charge in [-0.15, -0.1) is 0 Å². The molecule has 4 aromatic rings. The van der Waals surface area contributed by atoms with E-state index in [1.54, 1.807) is 67.7 Å². The van der Waals surface area contributed by atoms with E-state index >= 15 is 0 Å². The van der Waals surface area contributed by atoms with Gasteiger partial charge in [-0.2, -0.15) is 0 Å². The van der Waals surface area contributed by atoms with Crippen molar-refractivity contribution in [3.63, 3.8) is 0 Å². The van der Waals surface area contributed by atoms with Crippen molar-refractivity contribution in [2.24, 2.45) is 0 Å². The molecule has 1 aromatic heterocycles. The topological polar surface area (TPSA) is 81.0 Å². The smallest absolute Gasteiger partial charge is 0.289 e. The van der Waals surface area contributed by atoms with Gasteiger partial charge in [0.25, 0.3) is 11.8 Å². The largest absolute Gasteiger partial charge is 0.493 e. The van der Waals surface area contributed by atoms with E-state index in [2.05, 4.69) is 5.32 Å². The van der Waals surface area contributed by atoms with Crippen LogP contribution < -0.4 is 14.8 Å². The normalized spacial score (nSPS) is 12.6. The van der Waals surface area contributed by atoms with Gasteiger partial charge in [-0.3, -0.25) is 9.59 Å². The second-order valence-corrected chi connectivity index (χ2v) is 9.09. The minimum atomic E-state index is -0.247. The molecule has 0 radical (unpaired) electrons. The summed E-state index contributed by atoms with van der Waals surface area (Å²) in [7, 11) is 3.21. The van der Waals surface area contributed by atoms with Crippen LogP contribution in [0.1, 0.15) is 32.0 Å². The average Bonchev–Trinajstić information content (AvgIpc) is 3.42. The van der Waals surface area contributed by atoms with E-state index < -0.39 is 0 Å². The van der Waals surface area contributed by atoms with Gasteiger partial charge in [0.05, 0.1) is 14.2 Å². The van der Waals surface area contributed by atoms with Crippen molar-refractivity contribution in [2.45, 2.75) is 13.0 Å². The molecule has 37 heavy (non-hydrogen) atoms. The van der Waals surface area contributed by atoms with E-state index in [-0.39, 0.29) is 17.6 Å². The van der Waals surface area contributed by atoms with Gasteiger partial charge < -0.3 is 24.1 Å². The zero-order chi connectivity index (χ0) is 25.9. The maximum atomic E-state index is 13.2. The first kappa shape index (κ1) is 24.5. The molecule has 1 N–H and O–H groups in total. The van der Waals surface area contributed by atoms with E-state index in [1.165, 1.54) is 0 Å². The molecule has 5 rings (SSSR count). The predicted molar refractivity (Wildman–Crippen MR) is 142 cm³/mol. The average molecular weight is 517 g/mol. The van der Waals surface area contributed by atoms with Crippen LogP contribution >= 0.6 is 11.6 Å². The molecule has 7 nitrogen and oxygen atoms in total. The van der Waals surface area contributed by atoms with Gasteiger partial charge in [-0.25, -0.2) is 0 Å². The number of fused-ring (bicyclic) bond motifs is 1. The summed E-state index contributed by atoms with van der Waals surface area (Å²) < 4.78 is 16.8. The highest BCUT2D eigenvalue weighted by Gasteiger charge is 2.26. The van der Waals surface area contributed by atoms with Crippen molar-refractivity contribution >= 4 is 29.1 Å². The summed E-state index contributed by atoms with van der Waals surface area (Å²) in [6.07, 6.45) is 0.713. The number of ether oxygens (including phenoxy) is 2. The summed E-state index contributed by atoms with van der Waals surface area (Å²) in [5.41, 5.74) is 4.01. The second kappa shape index (κ2) is 10.4. The highest BCUT2D eigenvalue weighted by atomic mass is 35.5. The Hall–Kier alpha value is -4.23. The number of carbonyl (C=O) groups is 2. The van der Waals surface area contributed by atoms with Crippen LogP contribution in [-0.4, -0.2) is 37.5 Å². The van der Waals surface area contributed by atoms with Crippen LogP contribution in [0.3, 0.4) is 0 Å². The van der Waals surface area contributed by atoms with Crippen LogP contribution in [0.2, 0.25) is 5.02 Å². The SMILES string of the molecule is COc1cc2c(cc1OC)CN(C(=O)c1ccc(-c3cccc(NC(=O)c4ccc(Cl)cc4)c3)o1)CC2.